The predicted octanol–water partition coefficient (Wildman–Crippen LogP) is 3.90. The molecule has 0 bridgehead atoms. The second-order valence-electron chi connectivity index (χ2n) is 5.32. The van der Waals surface area contributed by atoms with E-state index in [1.165, 1.54) is 5.56 Å². The maximum absolute atomic E-state index is 11.9. The zero-order chi connectivity index (χ0) is 13.3. The van der Waals surface area contributed by atoms with Crippen LogP contribution >= 0.6 is 15.9 Å². The number of benzene rings is 1. The molecule has 0 unspecified atom stereocenters. The Labute approximate surface area is 115 Å². The van der Waals surface area contributed by atoms with E-state index in [9.17, 15) is 4.79 Å². The zero-order valence-electron chi connectivity index (χ0n) is 10.8. The molecule has 0 N–H and O–H groups in total. The third kappa shape index (κ3) is 2.56. The summed E-state index contributed by atoms with van der Waals surface area (Å²) in [5, 5.41) is 0. The van der Waals surface area contributed by atoms with Gasteiger partial charge in [-0.25, -0.2) is 0 Å². The van der Waals surface area contributed by atoms with E-state index in [1.807, 2.05) is 18.2 Å². The van der Waals surface area contributed by atoms with Crippen molar-refractivity contribution in [1.82, 2.24) is 4.57 Å². The average Bonchev–Trinajstić information content (AvgIpc) is 2.28. The number of nitrogens with zero attached hydrogens (tertiary/aromatic N) is 1. The van der Waals surface area contributed by atoms with Crippen molar-refractivity contribution in [2.45, 2.75) is 26.2 Å². The van der Waals surface area contributed by atoms with E-state index < -0.39 is 0 Å². The van der Waals surface area contributed by atoms with Crippen LogP contribution in [-0.4, -0.2) is 4.57 Å². The molecule has 0 amide bonds. The first-order valence-corrected chi connectivity index (χ1v) is 6.67. The van der Waals surface area contributed by atoms with Crippen molar-refractivity contribution in [3.8, 4) is 5.69 Å². The Balaban J connectivity index is 2.51. The topological polar surface area (TPSA) is 22.0 Å². The molecule has 18 heavy (non-hydrogen) atoms. The molecule has 0 aliphatic carbocycles. The highest BCUT2D eigenvalue weighted by atomic mass is 79.9. The van der Waals surface area contributed by atoms with Crippen molar-refractivity contribution in [2.24, 2.45) is 0 Å². The van der Waals surface area contributed by atoms with E-state index in [-0.39, 0.29) is 11.0 Å². The minimum absolute atomic E-state index is 0.0344. The third-order valence-electron chi connectivity index (χ3n) is 2.90. The van der Waals surface area contributed by atoms with Crippen molar-refractivity contribution in [1.29, 1.82) is 0 Å². The molecule has 0 saturated heterocycles. The smallest absolute Gasteiger partial charge is 0.255 e. The van der Waals surface area contributed by atoms with Gasteiger partial charge in [0.1, 0.15) is 0 Å². The standard InChI is InChI=1S/C15H16BrNO/c1-15(2,3)11-7-9-12(10-8-11)17-13(16)5-4-6-14(17)18/h4-10H,1-3H3. The minimum Gasteiger partial charge on any atom is -0.271 e. The van der Waals surface area contributed by atoms with Gasteiger partial charge >= 0.3 is 0 Å². The molecule has 0 fully saturated rings. The van der Waals surface area contributed by atoms with Crippen LogP contribution in [0.2, 0.25) is 0 Å². The summed E-state index contributed by atoms with van der Waals surface area (Å²) >= 11 is 3.40. The molecule has 0 saturated carbocycles. The summed E-state index contributed by atoms with van der Waals surface area (Å²) in [6.07, 6.45) is 0. The second kappa shape index (κ2) is 4.73. The molecule has 0 radical (unpaired) electrons. The van der Waals surface area contributed by atoms with Crippen molar-refractivity contribution in [2.75, 3.05) is 0 Å². The SMILES string of the molecule is CC(C)(C)c1ccc(-n2c(Br)cccc2=O)cc1. The Hall–Kier alpha value is -1.35. The van der Waals surface area contributed by atoms with Crippen LogP contribution in [-0.2, 0) is 5.41 Å². The molecule has 2 nitrogen and oxygen atoms in total. The lowest BCUT2D eigenvalue weighted by atomic mass is 9.87. The lowest BCUT2D eigenvalue weighted by Crippen LogP contribution is -2.18. The van der Waals surface area contributed by atoms with Crippen molar-refractivity contribution >= 4 is 15.9 Å². The normalized spacial score (nSPS) is 11.6. The highest BCUT2D eigenvalue weighted by Gasteiger charge is 2.13. The fourth-order valence-corrected chi connectivity index (χ4v) is 2.36. The van der Waals surface area contributed by atoms with Crippen LogP contribution in [0, 0.1) is 0 Å². The van der Waals surface area contributed by atoms with Gasteiger partial charge in [-0.15, -0.1) is 0 Å². The molecular formula is C15H16BrNO. The quantitative estimate of drug-likeness (QED) is 0.733. The highest BCUT2D eigenvalue weighted by Crippen LogP contribution is 2.23. The molecule has 3 heteroatoms. The summed E-state index contributed by atoms with van der Waals surface area (Å²) in [7, 11) is 0. The van der Waals surface area contributed by atoms with E-state index in [2.05, 4.69) is 48.8 Å². The number of hydrogen-bond donors (Lipinski definition) is 0. The number of pyridine rings is 1. The lowest BCUT2D eigenvalue weighted by Gasteiger charge is -2.19. The summed E-state index contributed by atoms with van der Waals surface area (Å²) in [4.78, 5) is 11.9. The lowest BCUT2D eigenvalue weighted by molar-refractivity contribution is 0.590. The molecule has 0 aliphatic heterocycles. The second-order valence-corrected chi connectivity index (χ2v) is 6.13. The van der Waals surface area contributed by atoms with E-state index in [4.69, 9.17) is 0 Å². The maximum atomic E-state index is 11.9. The minimum atomic E-state index is -0.0344. The molecule has 1 aromatic heterocycles. The molecule has 1 heterocycles. The van der Waals surface area contributed by atoms with Gasteiger partial charge in [-0.05, 0) is 45.1 Å². The number of aromatic nitrogens is 1. The average molecular weight is 306 g/mol. The van der Waals surface area contributed by atoms with E-state index >= 15 is 0 Å². The van der Waals surface area contributed by atoms with Crippen LogP contribution in [0.3, 0.4) is 0 Å². The fourth-order valence-electron chi connectivity index (χ4n) is 1.83. The maximum Gasteiger partial charge on any atom is 0.255 e. The fraction of sp³-hybridized carbons (Fsp3) is 0.267. The molecular weight excluding hydrogens is 290 g/mol. The summed E-state index contributed by atoms with van der Waals surface area (Å²) < 4.78 is 2.41. The van der Waals surface area contributed by atoms with Crippen LogP contribution in [0.5, 0.6) is 0 Å². The van der Waals surface area contributed by atoms with Crippen LogP contribution < -0.4 is 5.56 Å². The van der Waals surface area contributed by atoms with Crippen LogP contribution in [0.25, 0.3) is 5.69 Å². The Bertz CT molecular complexity index is 606. The van der Waals surface area contributed by atoms with E-state index in [0.29, 0.717) is 0 Å². The largest absolute Gasteiger partial charge is 0.271 e. The van der Waals surface area contributed by atoms with Gasteiger partial charge in [0, 0.05) is 11.8 Å². The van der Waals surface area contributed by atoms with Gasteiger partial charge < -0.3 is 0 Å². The number of rotatable bonds is 1. The molecule has 2 aromatic rings. The zero-order valence-corrected chi connectivity index (χ0v) is 12.4. The highest BCUT2D eigenvalue weighted by molar-refractivity contribution is 9.10. The third-order valence-corrected chi connectivity index (χ3v) is 3.52. The molecule has 94 valence electrons. The van der Waals surface area contributed by atoms with Crippen LogP contribution in [0.1, 0.15) is 26.3 Å². The predicted molar refractivity (Wildman–Crippen MR) is 78.4 cm³/mol. The Morgan fingerprint density at radius 3 is 2.11 bits per heavy atom. The van der Waals surface area contributed by atoms with E-state index in [1.54, 1.807) is 16.7 Å². The van der Waals surface area contributed by atoms with Gasteiger partial charge in [0.2, 0.25) is 0 Å². The van der Waals surface area contributed by atoms with Gasteiger partial charge in [-0.3, -0.25) is 9.36 Å². The Kier molecular flexibility index (Phi) is 3.44. The first-order chi connectivity index (χ1) is 8.39. The summed E-state index contributed by atoms with van der Waals surface area (Å²) in [6, 6.07) is 13.3. The van der Waals surface area contributed by atoms with Gasteiger partial charge in [-0.2, -0.15) is 0 Å². The van der Waals surface area contributed by atoms with Gasteiger partial charge in [0.25, 0.3) is 5.56 Å². The van der Waals surface area contributed by atoms with Crippen LogP contribution in [0.15, 0.2) is 51.9 Å². The van der Waals surface area contributed by atoms with Crippen molar-refractivity contribution in [3.63, 3.8) is 0 Å². The first kappa shape index (κ1) is 13.1. The summed E-state index contributed by atoms with van der Waals surface area (Å²) in [5.41, 5.74) is 2.22. The summed E-state index contributed by atoms with van der Waals surface area (Å²) in [5.74, 6) is 0. The van der Waals surface area contributed by atoms with Gasteiger partial charge in [-0.1, -0.05) is 39.0 Å². The van der Waals surface area contributed by atoms with E-state index in [0.717, 1.165) is 10.3 Å². The van der Waals surface area contributed by atoms with Gasteiger partial charge in [0.15, 0.2) is 0 Å². The Morgan fingerprint density at radius 1 is 1.00 bits per heavy atom. The molecule has 0 atom stereocenters. The molecule has 0 spiro atoms. The van der Waals surface area contributed by atoms with Crippen molar-refractivity contribution in [3.05, 3.63) is 63.0 Å². The molecule has 0 aliphatic rings. The first-order valence-electron chi connectivity index (χ1n) is 5.88. The van der Waals surface area contributed by atoms with Crippen LogP contribution in [0.4, 0.5) is 0 Å². The monoisotopic (exact) mass is 305 g/mol. The molecule has 2 rings (SSSR count). The number of halogens is 1. The molecule has 1 aromatic carbocycles. The van der Waals surface area contributed by atoms with Gasteiger partial charge in [0.05, 0.1) is 4.60 Å². The Morgan fingerprint density at radius 2 is 1.61 bits per heavy atom. The number of hydrogen-bond acceptors (Lipinski definition) is 1. The van der Waals surface area contributed by atoms with Crippen molar-refractivity contribution < 1.29 is 0 Å². The summed E-state index contributed by atoms with van der Waals surface area (Å²) in [6.45, 7) is 6.52.